The van der Waals surface area contributed by atoms with E-state index >= 15 is 0 Å². The Kier molecular flexibility index (Phi) is 15.4. The summed E-state index contributed by atoms with van der Waals surface area (Å²) in [5.41, 5.74) is 2.04. The molecule has 0 atom stereocenters. The smallest absolute Gasteiger partial charge is 0.348 e. The first-order chi connectivity index (χ1) is 14.7. The summed E-state index contributed by atoms with van der Waals surface area (Å²) in [6.07, 6.45) is 19.8. The normalized spacial score (nSPS) is 11.3. The summed E-state index contributed by atoms with van der Waals surface area (Å²) in [5.74, 6) is -0.521. The van der Waals surface area contributed by atoms with Crippen molar-refractivity contribution in [1.29, 1.82) is 5.26 Å². The number of nitriles is 1. The van der Waals surface area contributed by atoms with Crippen LogP contribution in [0, 0.1) is 18.3 Å². The van der Waals surface area contributed by atoms with Crippen LogP contribution in [0.25, 0.3) is 6.08 Å². The van der Waals surface area contributed by atoms with Gasteiger partial charge in [-0.25, -0.2) is 4.79 Å². The maximum Gasteiger partial charge on any atom is 0.348 e. The van der Waals surface area contributed by atoms with Crippen LogP contribution >= 0.6 is 0 Å². The van der Waals surface area contributed by atoms with E-state index in [1.54, 1.807) is 6.08 Å². The summed E-state index contributed by atoms with van der Waals surface area (Å²) >= 11 is 0. The standard InChI is InChI=1S/C27H41NO2/c1-3-4-5-6-7-8-9-10-11-12-13-14-15-16-21-30-27(29)26(23-28)22-25-19-17-24(2)18-20-25/h17-20,22H,3-16,21H2,1-2H3/b26-22-. The van der Waals surface area contributed by atoms with Gasteiger partial charge in [0.15, 0.2) is 0 Å². The van der Waals surface area contributed by atoms with E-state index in [1.165, 1.54) is 77.0 Å². The van der Waals surface area contributed by atoms with Crippen molar-refractivity contribution in [3.63, 3.8) is 0 Å². The summed E-state index contributed by atoms with van der Waals surface area (Å²) < 4.78 is 5.27. The molecule has 0 aliphatic heterocycles. The first-order valence-corrected chi connectivity index (χ1v) is 12.0. The number of unbranched alkanes of at least 4 members (excludes halogenated alkanes) is 13. The van der Waals surface area contributed by atoms with Crippen molar-refractivity contribution in [3.8, 4) is 6.07 Å². The topological polar surface area (TPSA) is 50.1 Å². The molecule has 0 saturated heterocycles. The molecule has 0 bridgehead atoms. The Morgan fingerprint density at radius 3 is 1.77 bits per heavy atom. The fourth-order valence-corrected chi connectivity index (χ4v) is 3.51. The minimum Gasteiger partial charge on any atom is -0.462 e. The van der Waals surface area contributed by atoms with Gasteiger partial charge in [-0.05, 0) is 25.0 Å². The number of carbonyl (C=O) groups excluding carboxylic acids is 1. The van der Waals surface area contributed by atoms with Crippen molar-refractivity contribution in [3.05, 3.63) is 41.0 Å². The molecule has 0 aliphatic rings. The van der Waals surface area contributed by atoms with Gasteiger partial charge in [-0.1, -0.05) is 120 Å². The Hall–Kier alpha value is -2.08. The molecule has 1 aromatic rings. The lowest BCUT2D eigenvalue weighted by atomic mass is 10.0. The fraction of sp³-hybridized carbons (Fsp3) is 0.630. The van der Waals surface area contributed by atoms with Gasteiger partial charge in [0, 0.05) is 0 Å². The van der Waals surface area contributed by atoms with Crippen LogP contribution in [0.1, 0.15) is 108 Å². The molecule has 1 rings (SSSR count). The van der Waals surface area contributed by atoms with Crippen LogP contribution in [-0.4, -0.2) is 12.6 Å². The second-order valence-corrected chi connectivity index (χ2v) is 8.31. The Balaban J connectivity index is 2.00. The number of carbonyl (C=O) groups is 1. The molecule has 0 heterocycles. The summed E-state index contributed by atoms with van der Waals surface area (Å²) in [7, 11) is 0. The van der Waals surface area contributed by atoms with Gasteiger partial charge < -0.3 is 4.74 Å². The highest BCUT2D eigenvalue weighted by atomic mass is 16.5. The summed E-state index contributed by atoms with van der Waals surface area (Å²) in [4.78, 5) is 12.1. The van der Waals surface area contributed by atoms with E-state index in [2.05, 4.69) is 6.92 Å². The van der Waals surface area contributed by atoms with E-state index in [0.717, 1.165) is 24.0 Å². The molecular formula is C27H41NO2. The molecule has 0 radical (unpaired) electrons. The van der Waals surface area contributed by atoms with Crippen LogP contribution in [-0.2, 0) is 9.53 Å². The van der Waals surface area contributed by atoms with Crippen molar-refractivity contribution >= 4 is 12.0 Å². The monoisotopic (exact) mass is 411 g/mol. The Labute approximate surface area is 184 Å². The lowest BCUT2D eigenvalue weighted by Gasteiger charge is -2.05. The van der Waals surface area contributed by atoms with Gasteiger partial charge in [0.25, 0.3) is 0 Å². The lowest BCUT2D eigenvalue weighted by Crippen LogP contribution is -2.08. The Bertz CT molecular complexity index is 640. The molecule has 0 amide bonds. The molecule has 30 heavy (non-hydrogen) atoms. The Morgan fingerprint density at radius 2 is 1.30 bits per heavy atom. The van der Waals surface area contributed by atoms with Crippen molar-refractivity contribution in [2.24, 2.45) is 0 Å². The molecule has 0 aliphatic carbocycles. The zero-order chi connectivity index (χ0) is 21.9. The van der Waals surface area contributed by atoms with Crippen molar-refractivity contribution in [2.45, 2.75) is 104 Å². The van der Waals surface area contributed by atoms with E-state index < -0.39 is 5.97 Å². The van der Waals surface area contributed by atoms with Crippen LogP contribution in [0.4, 0.5) is 0 Å². The van der Waals surface area contributed by atoms with Crippen LogP contribution in [0.5, 0.6) is 0 Å². The minimum atomic E-state index is -0.521. The van der Waals surface area contributed by atoms with E-state index in [9.17, 15) is 10.1 Å². The predicted molar refractivity (Wildman–Crippen MR) is 126 cm³/mol. The predicted octanol–water partition coefficient (Wildman–Crippen LogP) is 7.93. The van der Waals surface area contributed by atoms with Gasteiger partial charge in [-0.15, -0.1) is 0 Å². The molecule has 1 aromatic carbocycles. The zero-order valence-electron chi connectivity index (χ0n) is 19.3. The van der Waals surface area contributed by atoms with Crippen LogP contribution < -0.4 is 0 Å². The SMILES string of the molecule is CCCCCCCCCCCCCCCCOC(=O)/C(C#N)=C\c1ccc(C)cc1. The lowest BCUT2D eigenvalue weighted by molar-refractivity contribution is -0.138. The third kappa shape index (κ3) is 13.2. The number of hydrogen-bond acceptors (Lipinski definition) is 3. The molecular weight excluding hydrogens is 370 g/mol. The average molecular weight is 412 g/mol. The summed E-state index contributed by atoms with van der Waals surface area (Å²) in [5, 5.41) is 9.22. The van der Waals surface area contributed by atoms with E-state index in [4.69, 9.17) is 4.74 Å². The number of esters is 1. The number of ether oxygens (including phenoxy) is 1. The number of hydrogen-bond donors (Lipinski definition) is 0. The molecule has 3 nitrogen and oxygen atoms in total. The molecule has 0 fully saturated rings. The highest BCUT2D eigenvalue weighted by molar-refractivity contribution is 5.97. The maximum absolute atomic E-state index is 12.1. The molecule has 166 valence electrons. The second-order valence-electron chi connectivity index (χ2n) is 8.31. The quantitative estimate of drug-likeness (QED) is 0.113. The van der Waals surface area contributed by atoms with Gasteiger partial charge in [-0.3, -0.25) is 0 Å². The van der Waals surface area contributed by atoms with Crippen molar-refractivity contribution < 1.29 is 9.53 Å². The molecule has 0 saturated carbocycles. The first-order valence-electron chi connectivity index (χ1n) is 12.0. The second kappa shape index (κ2) is 17.8. The van der Waals surface area contributed by atoms with E-state index in [-0.39, 0.29) is 5.57 Å². The number of aryl methyl sites for hydroxylation is 1. The van der Waals surface area contributed by atoms with Crippen molar-refractivity contribution in [1.82, 2.24) is 0 Å². The number of nitrogens with zero attached hydrogens (tertiary/aromatic N) is 1. The highest BCUT2D eigenvalue weighted by Gasteiger charge is 2.10. The molecule has 0 N–H and O–H groups in total. The van der Waals surface area contributed by atoms with Gasteiger partial charge in [0.05, 0.1) is 6.61 Å². The molecule has 3 heteroatoms. The van der Waals surface area contributed by atoms with Crippen LogP contribution in [0.2, 0.25) is 0 Å². The van der Waals surface area contributed by atoms with Crippen molar-refractivity contribution in [2.75, 3.05) is 6.61 Å². The van der Waals surface area contributed by atoms with Gasteiger partial charge in [-0.2, -0.15) is 5.26 Å². The molecule has 0 spiro atoms. The number of rotatable bonds is 17. The molecule has 0 aromatic heterocycles. The third-order valence-electron chi connectivity index (χ3n) is 5.46. The summed E-state index contributed by atoms with van der Waals surface area (Å²) in [6.45, 7) is 4.66. The van der Waals surface area contributed by atoms with Gasteiger partial charge >= 0.3 is 5.97 Å². The fourth-order valence-electron chi connectivity index (χ4n) is 3.51. The molecule has 0 unspecified atom stereocenters. The van der Waals surface area contributed by atoms with E-state index in [1.807, 2.05) is 37.3 Å². The van der Waals surface area contributed by atoms with E-state index in [0.29, 0.717) is 6.61 Å². The minimum absolute atomic E-state index is 0.0595. The highest BCUT2D eigenvalue weighted by Crippen LogP contribution is 2.13. The summed E-state index contributed by atoms with van der Waals surface area (Å²) in [6, 6.07) is 9.66. The van der Waals surface area contributed by atoms with Gasteiger partial charge in [0.1, 0.15) is 11.6 Å². The zero-order valence-corrected chi connectivity index (χ0v) is 19.3. The van der Waals surface area contributed by atoms with Gasteiger partial charge in [0.2, 0.25) is 0 Å². The average Bonchev–Trinajstić information content (AvgIpc) is 2.75. The number of benzene rings is 1. The van der Waals surface area contributed by atoms with Crippen LogP contribution in [0.3, 0.4) is 0 Å². The Morgan fingerprint density at radius 1 is 0.833 bits per heavy atom. The maximum atomic E-state index is 12.1. The van der Waals surface area contributed by atoms with Crippen LogP contribution in [0.15, 0.2) is 29.8 Å². The largest absolute Gasteiger partial charge is 0.462 e. The first kappa shape index (κ1) is 26.0. The third-order valence-corrected chi connectivity index (χ3v) is 5.46.